The highest BCUT2D eigenvalue weighted by molar-refractivity contribution is 9.18. The number of benzene rings is 1. The normalized spacial score (nSPS) is 10.9. The molecular formula is C9H9BrN4O2. The van der Waals surface area contributed by atoms with Gasteiger partial charge in [0.25, 0.3) is 5.69 Å². The van der Waals surface area contributed by atoms with Crippen molar-refractivity contribution in [1.29, 1.82) is 0 Å². The largest absolute Gasteiger partial charge is 0.376 e. The molecule has 1 aromatic carbocycles. The molecule has 0 aliphatic rings. The summed E-state index contributed by atoms with van der Waals surface area (Å²) in [7, 11) is 0. The van der Waals surface area contributed by atoms with Crippen molar-refractivity contribution in [1.82, 2.24) is 0 Å². The first-order valence-electron chi connectivity index (χ1n) is 4.20. The standard InChI is InChI=1S/C9H9BrN4O2/c1-2-13(12-9(10)11)7-3-5-8(6-4-7)14(15)16/h2-6H,1H2,(H2,11,12). The number of hydrazone groups is 1. The molecule has 16 heavy (non-hydrogen) atoms. The molecule has 84 valence electrons. The van der Waals surface area contributed by atoms with Gasteiger partial charge in [0.1, 0.15) is 0 Å². The molecule has 1 aromatic rings. The Labute approximate surface area is 100 Å². The lowest BCUT2D eigenvalue weighted by atomic mass is 10.3. The van der Waals surface area contributed by atoms with Crippen LogP contribution < -0.4 is 10.7 Å². The van der Waals surface area contributed by atoms with Crippen LogP contribution in [0.1, 0.15) is 0 Å². The molecule has 0 bridgehead atoms. The number of hydrogen-bond donors (Lipinski definition) is 1. The summed E-state index contributed by atoms with van der Waals surface area (Å²) >= 11 is 2.98. The third-order valence-electron chi connectivity index (χ3n) is 1.70. The molecular weight excluding hydrogens is 276 g/mol. The fourth-order valence-corrected chi connectivity index (χ4v) is 1.20. The van der Waals surface area contributed by atoms with Crippen LogP contribution in [0.5, 0.6) is 0 Å². The maximum absolute atomic E-state index is 10.4. The van der Waals surface area contributed by atoms with Gasteiger partial charge in [0.2, 0.25) is 0 Å². The fraction of sp³-hybridized carbons (Fsp3) is 0. The van der Waals surface area contributed by atoms with Crippen LogP contribution in [-0.2, 0) is 0 Å². The molecule has 0 unspecified atom stereocenters. The van der Waals surface area contributed by atoms with E-state index in [0.717, 1.165) is 0 Å². The third-order valence-corrected chi connectivity index (χ3v) is 1.86. The Hall–Kier alpha value is -1.89. The number of nitrogens with two attached hydrogens (primary N) is 1. The van der Waals surface area contributed by atoms with Crippen molar-refractivity contribution in [3.8, 4) is 0 Å². The zero-order valence-electron chi connectivity index (χ0n) is 8.21. The van der Waals surface area contributed by atoms with E-state index in [1.165, 1.54) is 23.3 Å². The Balaban J connectivity index is 2.99. The lowest BCUT2D eigenvalue weighted by Gasteiger charge is -2.13. The molecule has 0 saturated heterocycles. The predicted octanol–water partition coefficient (Wildman–Crippen LogP) is 2.17. The van der Waals surface area contributed by atoms with Gasteiger partial charge in [-0.3, -0.25) is 10.1 Å². The second-order valence-electron chi connectivity index (χ2n) is 2.72. The van der Waals surface area contributed by atoms with E-state index in [2.05, 4.69) is 27.6 Å². The summed E-state index contributed by atoms with van der Waals surface area (Å²) in [5, 5.41) is 15.7. The molecule has 0 aliphatic carbocycles. The number of nitro groups is 1. The molecule has 0 spiro atoms. The topological polar surface area (TPSA) is 84.8 Å². The van der Waals surface area contributed by atoms with Gasteiger partial charge in [-0.2, -0.15) is 0 Å². The summed E-state index contributed by atoms with van der Waals surface area (Å²) in [4.78, 5) is 9.98. The van der Waals surface area contributed by atoms with Crippen LogP contribution >= 0.6 is 15.9 Å². The summed E-state index contributed by atoms with van der Waals surface area (Å²) in [5.74, 6) is 0. The number of hydrogen-bond acceptors (Lipinski definition) is 4. The van der Waals surface area contributed by atoms with Crippen LogP contribution in [0.25, 0.3) is 0 Å². The van der Waals surface area contributed by atoms with E-state index in [-0.39, 0.29) is 10.4 Å². The maximum Gasteiger partial charge on any atom is 0.269 e. The average molecular weight is 285 g/mol. The smallest absolute Gasteiger partial charge is 0.269 e. The van der Waals surface area contributed by atoms with Gasteiger partial charge < -0.3 is 5.73 Å². The number of non-ortho nitro benzene ring substituents is 1. The van der Waals surface area contributed by atoms with Crippen molar-refractivity contribution in [2.45, 2.75) is 0 Å². The maximum atomic E-state index is 10.4. The monoisotopic (exact) mass is 284 g/mol. The van der Waals surface area contributed by atoms with E-state index < -0.39 is 4.92 Å². The second-order valence-corrected chi connectivity index (χ2v) is 3.54. The van der Waals surface area contributed by atoms with Crippen LogP contribution in [0.15, 0.2) is 42.1 Å². The van der Waals surface area contributed by atoms with Gasteiger partial charge in [-0.1, -0.05) is 6.58 Å². The summed E-state index contributed by atoms with van der Waals surface area (Å²) in [6.45, 7) is 3.56. The summed E-state index contributed by atoms with van der Waals surface area (Å²) in [6.07, 6.45) is 1.44. The van der Waals surface area contributed by atoms with E-state index in [1.54, 1.807) is 12.1 Å². The molecule has 0 atom stereocenters. The van der Waals surface area contributed by atoms with Gasteiger partial charge in [-0.25, -0.2) is 5.01 Å². The van der Waals surface area contributed by atoms with Crippen LogP contribution in [0.2, 0.25) is 0 Å². The molecule has 0 amide bonds. The molecule has 0 aromatic heterocycles. The summed E-state index contributed by atoms with van der Waals surface area (Å²) in [5.41, 5.74) is 6.00. The van der Waals surface area contributed by atoms with Crippen molar-refractivity contribution >= 4 is 32.0 Å². The number of halogens is 1. The predicted molar refractivity (Wildman–Crippen MR) is 66.3 cm³/mol. The lowest BCUT2D eigenvalue weighted by Crippen LogP contribution is -2.13. The highest BCUT2D eigenvalue weighted by Crippen LogP contribution is 2.19. The molecule has 2 N–H and O–H groups in total. The Morgan fingerprint density at radius 2 is 2.12 bits per heavy atom. The molecule has 1 rings (SSSR count). The molecule has 0 aliphatic heterocycles. The van der Waals surface area contributed by atoms with Crippen LogP contribution in [0.3, 0.4) is 0 Å². The van der Waals surface area contributed by atoms with Crippen molar-refractivity contribution in [3.05, 3.63) is 47.2 Å². The molecule has 0 fully saturated rings. The minimum Gasteiger partial charge on any atom is -0.376 e. The van der Waals surface area contributed by atoms with Gasteiger partial charge >= 0.3 is 0 Å². The number of nitrogens with zero attached hydrogens (tertiary/aromatic N) is 3. The number of anilines is 1. The van der Waals surface area contributed by atoms with Crippen LogP contribution in [0, 0.1) is 10.1 Å². The quantitative estimate of drug-likeness (QED) is 0.302. The van der Waals surface area contributed by atoms with Crippen LogP contribution in [-0.4, -0.2) is 9.67 Å². The molecule has 0 saturated carbocycles. The van der Waals surface area contributed by atoms with E-state index in [9.17, 15) is 10.1 Å². The average Bonchev–Trinajstić information content (AvgIpc) is 2.25. The van der Waals surface area contributed by atoms with Crippen molar-refractivity contribution in [3.63, 3.8) is 0 Å². The Kier molecular flexibility index (Phi) is 4.01. The SMILES string of the molecule is C=CN(/N=C(\N)Br)c1ccc([N+](=O)[O-])cc1. The number of nitro benzene ring substituents is 1. The number of amidine groups is 1. The van der Waals surface area contributed by atoms with Gasteiger partial charge in [-0.05, 0) is 28.1 Å². The van der Waals surface area contributed by atoms with Gasteiger partial charge in [0, 0.05) is 18.3 Å². The first kappa shape index (κ1) is 12.2. The van der Waals surface area contributed by atoms with E-state index in [1.807, 2.05) is 0 Å². The minimum atomic E-state index is -0.468. The molecule has 7 heteroatoms. The molecule has 0 radical (unpaired) electrons. The van der Waals surface area contributed by atoms with Crippen molar-refractivity contribution in [2.24, 2.45) is 10.8 Å². The van der Waals surface area contributed by atoms with Gasteiger partial charge in [-0.15, -0.1) is 5.10 Å². The first-order valence-corrected chi connectivity index (χ1v) is 4.99. The summed E-state index contributed by atoms with van der Waals surface area (Å²) < 4.78 is 0.186. The van der Waals surface area contributed by atoms with E-state index in [4.69, 9.17) is 5.73 Å². The van der Waals surface area contributed by atoms with E-state index >= 15 is 0 Å². The minimum absolute atomic E-state index is 0.0172. The zero-order valence-corrected chi connectivity index (χ0v) is 9.79. The van der Waals surface area contributed by atoms with Gasteiger partial charge in [0.05, 0.1) is 10.6 Å². The van der Waals surface area contributed by atoms with Gasteiger partial charge in [0.15, 0.2) is 4.74 Å². The molecule has 0 heterocycles. The summed E-state index contributed by atoms with van der Waals surface area (Å²) in [6, 6.07) is 5.87. The Morgan fingerprint density at radius 3 is 2.50 bits per heavy atom. The lowest BCUT2D eigenvalue weighted by molar-refractivity contribution is -0.384. The fourth-order valence-electron chi connectivity index (χ4n) is 1.03. The molecule has 6 nitrogen and oxygen atoms in total. The van der Waals surface area contributed by atoms with Crippen molar-refractivity contribution < 1.29 is 4.92 Å². The second kappa shape index (κ2) is 5.26. The first-order chi connectivity index (χ1) is 7.54. The van der Waals surface area contributed by atoms with Crippen LogP contribution in [0.4, 0.5) is 11.4 Å². The van der Waals surface area contributed by atoms with E-state index in [0.29, 0.717) is 5.69 Å². The highest BCUT2D eigenvalue weighted by Gasteiger charge is 2.06. The zero-order chi connectivity index (χ0) is 12.1. The third kappa shape index (κ3) is 3.06. The Morgan fingerprint density at radius 1 is 1.56 bits per heavy atom. The van der Waals surface area contributed by atoms with Crippen molar-refractivity contribution in [2.75, 3.05) is 5.01 Å². The highest BCUT2D eigenvalue weighted by atomic mass is 79.9. The number of rotatable bonds is 4. The Bertz CT molecular complexity index is 426.